The number of rotatable bonds is 3. The first-order valence-electron chi connectivity index (χ1n) is 6.13. The molecule has 0 amide bonds. The molecule has 6 heteroatoms. The molecule has 4 nitrogen and oxygen atoms in total. The summed E-state index contributed by atoms with van der Waals surface area (Å²) in [5.74, 6) is -0.109. The molecule has 0 aliphatic heterocycles. The van der Waals surface area contributed by atoms with E-state index >= 15 is 0 Å². The Kier molecular flexibility index (Phi) is 3.59. The topological polar surface area (TPSA) is 50.3 Å². The third-order valence-electron chi connectivity index (χ3n) is 3.01. The summed E-state index contributed by atoms with van der Waals surface area (Å²) in [5, 5.41) is 9.56. The molecule has 104 valence electrons. The van der Waals surface area contributed by atoms with Crippen molar-refractivity contribution in [2.45, 2.75) is 5.33 Å². The molecule has 0 N–H and O–H groups in total. The molecule has 3 rings (SSSR count). The number of pyridine rings is 1. The Labute approximate surface area is 128 Å². The first-order valence-corrected chi connectivity index (χ1v) is 7.25. The number of hydrogen-bond acceptors (Lipinski definition) is 3. The van der Waals surface area contributed by atoms with Gasteiger partial charge in [0.15, 0.2) is 0 Å². The van der Waals surface area contributed by atoms with Gasteiger partial charge in [0.25, 0.3) is 0 Å². The Balaban J connectivity index is 2.11. The number of ether oxygens (including phenoxy) is 1. The van der Waals surface area contributed by atoms with Gasteiger partial charge in [0.05, 0.1) is 5.69 Å². The van der Waals surface area contributed by atoms with Gasteiger partial charge in [-0.15, -0.1) is 0 Å². The predicted octanol–water partition coefficient (Wildman–Crippen LogP) is 4.03. The number of imidazole rings is 1. The molecule has 0 radical (unpaired) electrons. The van der Waals surface area contributed by atoms with Gasteiger partial charge in [-0.2, -0.15) is 10.2 Å². The fraction of sp³-hybridized carbons (Fsp3) is 0.0667. The number of fused-ring (bicyclic) bond motifs is 1. The Hall–Kier alpha value is -2.39. The van der Waals surface area contributed by atoms with E-state index in [1.807, 2.05) is 34.9 Å². The van der Waals surface area contributed by atoms with E-state index < -0.39 is 5.82 Å². The van der Waals surface area contributed by atoms with Crippen molar-refractivity contribution < 1.29 is 9.13 Å². The maximum absolute atomic E-state index is 13.6. The van der Waals surface area contributed by atoms with Crippen molar-refractivity contribution in [3.8, 4) is 17.7 Å². The summed E-state index contributed by atoms with van der Waals surface area (Å²) in [4.78, 5) is 4.36. The van der Waals surface area contributed by atoms with Crippen LogP contribution in [0.15, 0.2) is 42.6 Å². The molecular weight excluding hydrogens is 337 g/mol. The van der Waals surface area contributed by atoms with Crippen LogP contribution in [0, 0.1) is 17.1 Å². The summed E-state index contributed by atoms with van der Waals surface area (Å²) < 4.78 is 21.1. The molecule has 0 fully saturated rings. The number of benzene rings is 1. The van der Waals surface area contributed by atoms with Gasteiger partial charge >= 0.3 is 0 Å². The van der Waals surface area contributed by atoms with Gasteiger partial charge in [-0.05, 0) is 24.3 Å². The van der Waals surface area contributed by atoms with Crippen LogP contribution in [0.2, 0.25) is 0 Å². The van der Waals surface area contributed by atoms with Gasteiger partial charge in [-0.1, -0.05) is 28.1 Å². The molecule has 2 aromatic heterocycles. The molecule has 3 aromatic rings. The highest BCUT2D eigenvalue weighted by Crippen LogP contribution is 2.30. The molecule has 0 saturated heterocycles. The molecule has 2 heterocycles. The lowest BCUT2D eigenvalue weighted by Gasteiger charge is -2.06. The second kappa shape index (κ2) is 5.54. The molecule has 0 aliphatic carbocycles. The predicted molar refractivity (Wildman–Crippen MR) is 79.0 cm³/mol. The van der Waals surface area contributed by atoms with Crippen molar-refractivity contribution in [3.05, 3.63) is 59.7 Å². The van der Waals surface area contributed by atoms with Crippen molar-refractivity contribution in [3.63, 3.8) is 0 Å². The fourth-order valence-corrected chi connectivity index (χ4v) is 2.54. The van der Waals surface area contributed by atoms with E-state index in [0.29, 0.717) is 11.2 Å². The maximum atomic E-state index is 13.6. The average molecular weight is 346 g/mol. The van der Waals surface area contributed by atoms with Crippen molar-refractivity contribution >= 4 is 21.6 Å². The monoisotopic (exact) mass is 345 g/mol. The van der Waals surface area contributed by atoms with E-state index in [-0.39, 0.29) is 11.3 Å². The van der Waals surface area contributed by atoms with Crippen molar-refractivity contribution in [2.75, 3.05) is 0 Å². The Morgan fingerprint density at radius 3 is 2.90 bits per heavy atom. The molecule has 21 heavy (non-hydrogen) atoms. The zero-order valence-electron chi connectivity index (χ0n) is 10.8. The molecule has 1 aromatic carbocycles. The van der Waals surface area contributed by atoms with Crippen LogP contribution in [0.3, 0.4) is 0 Å². The number of alkyl halides is 1. The van der Waals surface area contributed by atoms with Crippen LogP contribution in [0.25, 0.3) is 5.65 Å². The van der Waals surface area contributed by atoms with Crippen LogP contribution in [0.4, 0.5) is 4.39 Å². The van der Waals surface area contributed by atoms with Gasteiger partial charge in [-0.25, -0.2) is 4.39 Å². The van der Waals surface area contributed by atoms with Gasteiger partial charge in [0, 0.05) is 11.5 Å². The van der Waals surface area contributed by atoms with E-state index in [2.05, 4.69) is 20.9 Å². The van der Waals surface area contributed by atoms with Crippen LogP contribution in [-0.4, -0.2) is 9.38 Å². The quantitative estimate of drug-likeness (QED) is 0.673. The summed E-state index contributed by atoms with van der Waals surface area (Å²) in [6.45, 7) is 0. The summed E-state index contributed by atoms with van der Waals surface area (Å²) in [5.41, 5.74) is 1.38. The van der Waals surface area contributed by atoms with Gasteiger partial charge in [-0.3, -0.25) is 4.40 Å². The second-order valence-corrected chi connectivity index (χ2v) is 4.81. The van der Waals surface area contributed by atoms with Crippen LogP contribution in [-0.2, 0) is 5.33 Å². The molecule has 0 atom stereocenters. The van der Waals surface area contributed by atoms with Crippen molar-refractivity contribution in [1.82, 2.24) is 9.38 Å². The zero-order chi connectivity index (χ0) is 14.8. The normalized spacial score (nSPS) is 10.5. The largest absolute Gasteiger partial charge is 0.436 e. The first kappa shape index (κ1) is 13.6. The minimum atomic E-state index is -0.612. The van der Waals surface area contributed by atoms with E-state index in [1.54, 1.807) is 6.07 Å². The average Bonchev–Trinajstić information content (AvgIpc) is 2.84. The number of nitrogens with zero attached hydrogens (tertiary/aromatic N) is 3. The van der Waals surface area contributed by atoms with E-state index in [1.165, 1.54) is 12.1 Å². The van der Waals surface area contributed by atoms with Crippen LogP contribution >= 0.6 is 15.9 Å². The van der Waals surface area contributed by atoms with Crippen LogP contribution in [0.5, 0.6) is 11.6 Å². The first-order chi connectivity index (χ1) is 10.2. The zero-order valence-corrected chi connectivity index (χ0v) is 12.3. The van der Waals surface area contributed by atoms with Gasteiger partial charge < -0.3 is 4.74 Å². The Morgan fingerprint density at radius 1 is 1.29 bits per heavy atom. The van der Waals surface area contributed by atoms with E-state index in [9.17, 15) is 4.39 Å². The summed E-state index contributed by atoms with van der Waals surface area (Å²) in [6.07, 6.45) is 1.86. The standard InChI is InChI=1S/C15H9BrFN3O/c16-8-12-15(19-14-6-1-2-7-20(12)14)21-13-5-3-4-11(17)10(13)9-18/h1-7H,8H2. The summed E-state index contributed by atoms with van der Waals surface area (Å²) in [6, 6.07) is 11.7. The lowest BCUT2D eigenvalue weighted by molar-refractivity contribution is 0.455. The number of hydrogen-bond donors (Lipinski definition) is 0. The minimum Gasteiger partial charge on any atom is -0.436 e. The van der Waals surface area contributed by atoms with E-state index in [0.717, 1.165) is 11.3 Å². The third-order valence-corrected chi connectivity index (χ3v) is 3.54. The summed E-state index contributed by atoms with van der Waals surface area (Å²) >= 11 is 3.39. The van der Waals surface area contributed by atoms with Crippen molar-refractivity contribution in [1.29, 1.82) is 5.26 Å². The van der Waals surface area contributed by atoms with E-state index in [4.69, 9.17) is 10.00 Å². The molecule has 0 bridgehead atoms. The summed E-state index contributed by atoms with van der Waals surface area (Å²) in [7, 11) is 0. The van der Waals surface area contributed by atoms with Crippen LogP contribution in [0.1, 0.15) is 11.3 Å². The third kappa shape index (κ3) is 2.36. The highest BCUT2D eigenvalue weighted by molar-refractivity contribution is 9.08. The Bertz CT molecular complexity index is 854. The van der Waals surface area contributed by atoms with Gasteiger partial charge in [0.2, 0.25) is 5.88 Å². The van der Waals surface area contributed by atoms with Crippen molar-refractivity contribution in [2.24, 2.45) is 0 Å². The Morgan fingerprint density at radius 2 is 2.14 bits per heavy atom. The molecule has 0 spiro atoms. The SMILES string of the molecule is N#Cc1c(F)cccc1Oc1nc2ccccn2c1CBr. The maximum Gasteiger partial charge on any atom is 0.242 e. The fourth-order valence-electron chi connectivity index (χ4n) is 2.03. The van der Waals surface area contributed by atoms with Gasteiger partial charge in [0.1, 0.15) is 28.8 Å². The molecular formula is C15H9BrFN3O. The number of aromatic nitrogens is 2. The minimum absolute atomic E-state index is 0.130. The highest BCUT2D eigenvalue weighted by Gasteiger charge is 2.16. The van der Waals surface area contributed by atoms with Crippen LogP contribution < -0.4 is 4.74 Å². The lowest BCUT2D eigenvalue weighted by Crippen LogP contribution is -1.95. The lowest BCUT2D eigenvalue weighted by atomic mass is 10.2. The molecule has 0 saturated carbocycles. The smallest absolute Gasteiger partial charge is 0.242 e. The highest BCUT2D eigenvalue weighted by atomic mass is 79.9. The molecule has 0 unspecified atom stereocenters. The second-order valence-electron chi connectivity index (χ2n) is 4.25. The molecule has 0 aliphatic rings. The number of nitriles is 1. The number of halogens is 2.